The van der Waals surface area contributed by atoms with Gasteiger partial charge in [-0.15, -0.1) is 0 Å². The van der Waals surface area contributed by atoms with Crippen LogP contribution < -0.4 is 0 Å². The van der Waals surface area contributed by atoms with E-state index in [1.54, 1.807) is 0 Å². The van der Waals surface area contributed by atoms with E-state index in [2.05, 4.69) is 41.4 Å². The van der Waals surface area contributed by atoms with Gasteiger partial charge in [-0.25, -0.2) is 0 Å². The lowest BCUT2D eigenvalue weighted by Gasteiger charge is -2.32. The first-order valence-corrected chi connectivity index (χ1v) is 9.13. The van der Waals surface area contributed by atoms with Gasteiger partial charge in [-0.3, -0.25) is 4.79 Å². The molecular formula is C22H24N2O. The molecule has 25 heavy (non-hydrogen) atoms. The van der Waals surface area contributed by atoms with Crippen LogP contribution in [0.25, 0.3) is 10.9 Å². The molecule has 0 aliphatic carbocycles. The van der Waals surface area contributed by atoms with Gasteiger partial charge in [-0.2, -0.15) is 0 Å². The number of rotatable bonds is 3. The monoisotopic (exact) mass is 332 g/mol. The van der Waals surface area contributed by atoms with Crippen molar-refractivity contribution in [3.05, 3.63) is 71.4 Å². The molecule has 1 N–H and O–H groups in total. The highest BCUT2D eigenvalue weighted by molar-refractivity contribution is 6.00. The van der Waals surface area contributed by atoms with E-state index in [1.807, 2.05) is 30.0 Å². The Morgan fingerprint density at radius 3 is 2.44 bits per heavy atom. The number of nitrogens with zero attached hydrogens (tertiary/aromatic N) is 1. The van der Waals surface area contributed by atoms with E-state index in [1.165, 1.54) is 5.56 Å². The lowest BCUT2D eigenvalue weighted by Crippen LogP contribution is -2.39. The zero-order valence-corrected chi connectivity index (χ0v) is 14.7. The molecule has 0 saturated carbocycles. The van der Waals surface area contributed by atoms with Gasteiger partial charge in [-0.1, -0.05) is 48.5 Å². The third-order valence-corrected chi connectivity index (χ3v) is 5.45. The number of carbonyl (C=O) groups excluding carboxylic acids is 1. The quantitative estimate of drug-likeness (QED) is 0.749. The predicted octanol–water partition coefficient (Wildman–Crippen LogP) is 4.57. The van der Waals surface area contributed by atoms with E-state index < -0.39 is 0 Å². The second-order valence-corrected chi connectivity index (χ2v) is 7.10. The summed E-state index contributed by atoms with van der Waals surface area (Å²) in [5, 5.41) is 1.14. The van der Waals surface area contributed by atoms with Crippen molar-refractivity contribution in [2.75, 3.05) is 13.1 Å². The minimum atomic E-state index is 0.145. The maximum Gasteiger partial charge on any atom is 0.270 e. The largest absolute Gasteiger partial charge is 0.350 e. The molecular weight excluding hydrogens is 308 g/mol. The number of piperidine rings is 1. The lowest BCUT2D eigenvalue weighted by atomic mass is 9.90. The number of aromatic amines is 1. The molecule has 0 unspecified atom stereocenters. The maximum atomic E-state index is 12.9. The topological polar surface area (TPSA) is 36.1 Å². The molecule has 0 radical (unpaired) electrons. The van der Waals surface area contributed by atoms with Crippen LogP contribution in [-0.4, -0.2) is 28.9 Å². The number of nitrogens with one attached hydrogen (secondary N) is 1. The molecule has 1 saturated heterocycles. The van der Waals surface area contributed by atoms with Crippen molar-refractivity contribution in [3.63, 3.8) is 0 Å². The number of H-pyrrole nitrogens is 1. The number of hydrogen-bond acceptors (Lipinski definition) is 1. The molecule has 0 bridgehead atoms. The lowest BCUT2D eigenvalue weighted by molar-refractivity contribution is 0.0685. The third-order valence-electron chi connectivity index (χ3n) is 5.45. The molecule has 3 nitrogen and oxygen atoms in total. The van der Waals surface area contributed by atoms with Gasteiger partial charge in [0, 0.05) is 24.0 Å². The van der Waals surface area contributed by atoms with Gasteiger partial charge in [0.1, 0.15) is 5.69 Å². The van der Waals surface area contributed by atoms with Crippen molar-refractivity contribution >= 4 is 16.8 Å². The van der Waals surface area contributed by atoms with Crippen LogP contribution >= 0.6 is 0 Å². The van der Waals surface area contributed by atoms with E-state index in [0.29, 0.717) is 5.92 Å². The Kier molecular flexibility index (Phi) is 4.31. The summed E-state index contributed by atoms with van der Waals surface area (Å²) in [4.78, 5) is 18.3. The summed E-state index contributed by atoms with van der Waals surface area (Å²) in [7, 11) is 0. The van der Waals surface area contributed by atoms with Crippen molar-refractivity contribution < 1.29 is 4.79 Å². The Morgan fingerprint density at radius 1 is 1.04 bits per heavy atom. The van der Waals surface area contributed by atoms with E-state index in [9.17, 15) is 4.79 Å². The molecule has 128 valence electrons. The van der Waals surface area contributed by atoms with E-state index in [0.717, 1.165) is 54.5 Å². The summed E-state index contributed by atoms with van der Waals surface area (Å²) >= 11 is 0. The van der Waals surface area contributed by atoms with Gasteiger partial charge in [-0.05, 0) is 49.3 Å². The first-order chi connectivity index (χ1) is 12.2. The standard InChI is InChI=1S/C22H24N2O/c1-16-19-9-5-6-10-20(19)23-21(16)22(25)24-13-11-18(12-14-24)15-17-7-3-2-4-8-17/h2-10,18,23H,11-15H2,1H3. The Morgan fingerprint density at radius 2 is 1.72 bits per heavy atom. The fourth-order valence-corrected chi connectivity index (χ4v) is 3.94. The first kappa shape index (κ1) is 15.9. The summed E-state index contributed by atoms with van der Waals surface area (Å²) in [6.45, 7) is 3.74. The first-order valence-electron chi connectivity index (χ1n) is 9.13. The van der Waals surface area contributed by atoms with Crippen molar-refractivity contribution in [1.29, 1.82) is 0 Å². The van der Waals surface area contributed by atoms with E-state index in [4.69, 9.17) is 0 Å². The highest BCUT2D eigenvalue weighted by Gasteiger charge is 2.26. The zero-order valence-electron chi connectivity index (χ0n) is 14.7. The molecule has 2 heterocycles. The smallest absolute Gasteiger partial charge is 0.270 e. The minimum Gasteiger partial charge on any atom is -0.350 e. The Balaban J connectivity index is 1.43. The number of para-hydroxylation sites is 1. The molecule has 4 rings (SSSR count). The Labute approximate surface area is 148 Å². The fourth-order valence-electron chi connectivity index (χ4n) is 3.94. The highest BCUT2D eigenvalue weighted by atomic mass is 16.2. The molecule has 2 aromatic carbocycles. The maximum absolute atomic E-state index is 12.9. The molecule has 3 heteroatoms. The minimum absolute atomic E-state index is 0.145. The third kappa shape index (κ3) is 3.19. The van der Waals surface area contributed by atoms with Crippen LogP contribution in [0.5, 0.6) is 0 Å². The highest BCUT2D eigenvalue weighted by Crippen LogP contribution is 2.26. The Hall–Kier alpha value is -2.55. The van der Waals surface area contributed by atoms with Crippen molar-refractivity contribution in [2.45, 2.75) is 26.2 Å². The molecule has 1 aliphatic rings. The van der Waals surface area contributed by atoms with Crippen LogP contribution in [0.2, 0.25) is 0 Å². The van der Waals surface area contributed by atoms with Crippen LogP contribution in [0.3, 0.4) is 0 Å². The number of fused-ring (bicyclic) bond motifs is 1. The number of aromatic nitrogens is 1. The summed E-state index contributed by atoms with van der Waals surface area (Å²) in [6, 6.07) is 18.8. The fraction of sp³-hybridized carbons (Fsp3) is 0.318. The molecule has 0 atom stereocenters. The average molecular weight is 332 g/mol. The van der Waals surface area contributed by atoms with Crippen LogP contribution in [0, 0.1) is 12.8 Å². The predicted molar refractivity (Wildman–Crippen MR) is 102 cm³/mol. The molecule has 1 aliphatic heterocycles. The molecule has 1 fully saturated rings. The summed E-state index contributed by atoms with van der Waals surface area (Å²) in [6.07, 6.45) is 3.29. The number of carbonyl (C=O) groups is 1. The second kappa shape index (κ2) is 6.75. The average Bonchev–Trinajstić information content (AvgIpc) is 3.00. The molecule has 1 amide bonds. The van der Waals surface area contributed by atoms with E-state index in [-0.39, 0.29) is 5.91 Å². The van der Waals surface area contributed by atoms with Crippen molar-refractivity contribution in [1.82, 2.24) is 9.88 Å². The van der Waals surface area contributed by atoms with Crippen LogP contribution in [0.1, 0.15) is 34.5 Å². The number of amides is 1. The number of hydrogen-bond donors (Lipinski definition) is 1. The van der Waals surface area contributed by atoms with Crippen LogP contribution in [0.4, 0.5) is 0 Å². The molecule has 3 aromatic rings. The van der Waals surface area contributed by atoms with Crippen molar-refractivity contribution in [3.8, 4) is 0 Å². The summed E-state index contributed by atoms with van der Waals surface area (Å²) in [5.74, 6) is 0.821. The van der Waals surface area contributed by atoms with E-state index >= 15 is 0 Å². The number of aryl methyl sites for hydroxylation is 1. The number of benzene rings is 2. The summed E-state index contributed by atoms with van der Waals surface area (Å²) < 4.78 is 0. The zero-order chi connectivity index (χ0) is 17.2. The molecule has 1 aromatic heterocycles. The van der Waals surface area contributed by atoms with Gasteiger partial charge in [0.05, 0.1) is 0 Å². The number of likely N-dealkylation sites (tertiary alicyclic amines) is 1. The van der Waals surface area contributed by atoms with Crippen molar-refractivity contribution in [2.24, 2.45) is 5.92 Å². The van der Waals surface area contributed by atoms with Crippen LogP contribution in [0.15, 0.2) is 54.6 Å². The van der Waals surface area contributed by atoms with Gasteiger partial charge >= 0.3 is 0 Å². The van der Waals surface area contributed by atoms with Gasteiger partial charge < -0.3 is 9.88 Å². The van der Waals surface area contributed by atoms with Gasteiger partial charge in [0.25, 0.3) is 5.91 Å². The normalized spacial score (nSPS) is 15.6. The SMILES string of the molecule is Cc1c(C(=O)N2CCC(Cc3ccccc3)CC2)[nH]c2ccccc12. The molecule has 0 spiro atoms. The second-order valence-electron chi connectivity index (χ2n) is 7.10. The van der Waals surface area contributed by atoms with Gasteiger partial charge in [0.2, 0.25) is 0 Å². The van der Waals surface area contributed by atoms with Crippen LogP contribution in [-0.2, 0) is 6.42 Å². The Bertz CT molecular complexity index is 873. The summed E-state index contributed by atoms with van der Waals surface area (Å²) in [5.41, 5.74) is 4.26. The van der Waals surface area contributed by atoms with Gasteiger partial charge in [0.15, 0.2) is 0 Å².